The van der Waals surface area contributed by atoms with Crippen molar-refractivity contribution in [3.63, 3.8) is 0 Å². The molecule has 1 rings (SSSR count). The van der Waals surface area contributed by atoms with Crippen molar-refractivity contribution in [1.29, 1.82) is 5.41 Å². The lowest BCUT2D eigenvalue weighted by Gasteiger charge is -2.08. The van der Waals surface area contributed by atoms with Crippen LogP contribution in [0.15, 0.2) is 18.2 Å². The molecule has 0 saturated heterocycles. The highest BCUT2D eigenvalue weighted by atomic mass is 35.5. The minimum atomic E-state index is -0.125. The van der Waals surface area contributed by atoms with Gasteiger partial charge in [-0.05, 0) is 24.1 Å². The molecule has 0 aliphatic carbocycles. The van der Waals surface area contributed by atoms with Crippen LogP contribution in [0.2, 0.25) is 10.0 Å². The molecule has 0 radical (unpaired) electrons. The van der Waals surface area contributed by atoms with Crippen molar-refractivity contribution >= 4 is 29.2 Å². The van der Waals surface area contributed by atoms with Crippen molar-refractivity contribution in [2.45, 2.75) is 6.42 Å². The summed E-state index contributed by atoms with van der Waals surface area (Å²) < 4.78 is 0. The monoisotopic (exact) mass is 246 g/mol. The van der Waals surface area contributed by atoms with Gasteiger partial charge in [0.05, 0.1) is 0 Å². The smallest absolute Gasteiger partial charge is 0.200 e. The molecular weight excluding hydrogens is 235 g/mol. The number of nitrogens with two attached hydrogens (primary N) is 1. The molecule has 0 aliphatic heterocycles. The average molecular weight is 247 g/mol. The molecule has 82 valence electrons. The highest BCUT2D eigenvalue weighted by Gasteiger charge is 2.04. The van der Waals surface area contributed by atoms with Crippen molar-refractivity contribution in [3.05, 3.63) is 33.8 Å². The predicted octanol–water partition coefficient (Wildman–Crippen LogP) is 1.52. The molecular formula is C9H12Cl2N4. The van der Waals surface area contributed by atoms with E-state index in [1.165, 1.54) is 0 Å². The second-order valence-corrected chi connectivity index (χ2v) is 3.73. The molecule has 0 aliphatic rings. The number of hydrazine groups is 1. The Balaban J connectivity index is 2.47. The summed E-state index contributed by atoms with van der Waals surface area (Å²) in [5, 5.41) is 8.20. The van der Waals surface area contributed by atoms with Crippen molar-refractivity contribution < 1.29 is 0 Å². The lowest BCUT2D eigenvalue weighted by atomic mass is 10.1. The Kier molecular flexibility index (Phi) is 4.68. The summed E-state index contributed by atoms with van der Waals surface area (Å²) in [4.78, 5) is 0. The van der Waals surface area contributed by atoms with Gasteiger partial charge >= 0.3 is 0 Å². The number of hydrogen-bond acceptors (Lipinski definition) is 2. The van der Waals surface area contributed by atoms with E-state index in [-0.39, 0.29) is 5.96 Å². The Labute approximate surface area is 98.2 Å². The number of guanidine groups is 1. The minimum absolute atomic E-state index is 0.125. The van der Waals surface area contributed by atoms with Gasteiger partial charge in [-0.15, -0.1) is 0 Å². The minimum Gasteiger partial charge on any atom is -0.369 e. The third kappa shape index (κ3) is 3.95. The standard InChI is InChI=1S/C9H12Cl2N4/c10-7-2-1-3-8(11)6(7)4-5-14-15-9(12)13/h1-3,14H,4-5H2,(H4,12,13,15). The van der Waals surface area contributed by atoms with E-state index in [1.807, 2.05) is 0 Å². The van der Waals surface area contributed by atoms with E-state index in [1.54, 1.807) is 18.2 Å². The van der Waals surface area contributed by atoms with Gasteiger partial charge in [0.1, 0.15) is 0 Å². The third-order valence-corrected chi connectivity index (χ3v) is 2.49. The molecule has 0 aromatic heterocycles. The normalized spacial score (nSPS) is 10.0. The fourth-order valence-corrected chi connectivity index (χ4v) is 1.70. The number of nitrogens with one attached hydrogen (secondary N) is 3. The Hall–Kier alpha value is -0.970. The zero-order valence-electron chi connectivity index (χ0n) is 7.98. The van der Waals surface area contributed by atoms with E-state index in [2.05, 4.69) is 10.9 Å². The van der Waals surface area contributed by atoms with E-state index in [9.17, 15) is 0 Å². The van der Waals surface area contributed by atoms with Crippen LogP contribution in [0, 0.1) is 5.41 Å². The van der Waals surface area contributed by atoms with Gasteiger partial charge < -0.3 is 5.73 Å². The first-order valence-electron chi connectivity index (χ1n) is 4.37. The van der Waals surface area contributed by atoms with Crippen LogP contribution in [0.4, 0.5) is 0 Å². The van der Waals surface area contributed by atoms with Crippen molar-refractivity contribution in [3.8, 4) is 0 Å². The summed E-state index contributed by atoms with van der Waals surface area (Å²) in [5.41, 5.74) is 11.2. The lowest BCUT2D eigenvalue weighted by Crippen LogP contribution is -2.42. The summed E-state index contributed by atoms with van der Waals surface area (Å²) in [6.45, 7) is 0.586. The SMILES string of the molecule is N=C(N)NNCCc1c(Cl)cccc1Cl. The fraction of sp³-hybridized carbons (Fsp3) is 0.222. The van der Waals surface area contributed by atoms with E-state index in [0.29, 0.717) is 23.0 Å². The molecule has 0 spiro atoms. The predicted molar refractivity (Wildman–Crippen MR) is 63.2 cm³/mol. The summed E-state index contributed by atoms with van der Waals surface area (Å²) in [7, 11) is 0. The summed E-state index contributed by atoms with van der Waals surface area (Å²) >= 11 is 11.9. The van der Waals surface area contributed by atoms with E-state index in [0.717, 1.165) is 5.56 Å². The first-order valence-corrected chi connectivity index (χ1v) is 5.12. The molecule has 15 heavy (non-hydrogen) atoms. The van der Waals surface area contributed by atoms with Crippen LogP contribution in [0.5, 0.6) is 0 Å². The molecule has 5 N–H and O–H groups in total. The number of hydrogen-bond donors (Lipinski definition) is 4. The second-order valence-electron chi connectivity index (χ2n) is 2.92. The second kappa shape index (κ2) is 5.80. The summed E-state index contributed by atoms with van der Waals surface area (Å²) in [6, 6.07) is 5.39. The largest absolute Gasteiger partial charge is 0.369 e. The Bertz CT molecular complexity index is 334. The maximum Gasteiger partial charge on any atom is 0.200 e. The fourth-order valence-electron chi connectivity index (χ4n) is 1.12. The lowest BCUT2D eigenvalue weighted by molar-refractivity contribution is 0.644. The molecule has 0 heterocycles. The first-order chi connectivity index (χ1) is 7.11. The van der Waals surface area contributed by atoms with Crippen molar-refractivity contribution in [2.24, 2.45) is 5.73 Å². The zero-order chi connectivity index (χ0) is 11.3. The van der Waals surface area contributed by atoms with Crippen molar-refractivity contribution in [2.75, 3.05) is 6.54 Å². The zero-order valence-corrected chi connectivity index (χ0v) is 9.49. The molecule has 0 bridgehead atoms. The van der Waals surface area contributed by atoms with Gasteiger partial charge in [-0.25, -0.2) is 5.43 Å². The highest BCUT2D eigenvalue weighted by Crippen LogP contribution is 2.24. The van der Waals surface area contributed by atoms with Gasteiger partial charge in [-0.2, -0.15) is 0 Å². The molecule has 0 fully saturated rings. The van der Waals surface area contributed by atoms with E-state index in [4.69, 9.17) is 34.3 Å². The van der Waals surface area contributed by atoms with Crippen LogP contribution in [-0.2, 0) is 6.42 Å². The van der Waals surface area contributed by atoms with Crippen LogP contribution in [-0.4, -0.2) is 12.5 Å². The molecule has 1 aromatic carbocycles. The molecule has 4 nitrogen and oxygen atoms in total. The summed E-state index contributed by atoms with van der Waals surface area (Å²) in [5.74, 6) is -0.125. The number of benzene rings is 1. The van der Waals surface area contributed by atoms with Crippen LogP contribution in [0.3, 0.4) is 0 Å². The Morgan fingerprint density at radius 3 is 2.47 bits per heavy atom. The highest BCUT2D eigenvalue weighted by molar-refractivity contribution is 6.35. The molecule has 6 heteroatoms. The van der Waals surface area contributed by atoms with Gasteiger partial charge in [-0.1, -0.05) is 29.3 Å². The van der Waals surface area contributed by atoms with Crippen LogP contribution in [0.25, 0.3) is 0 Å². The number of halogens is 2. The molecule has 0 unspecified atom stereocenters. The summed E-state index contributed by atoms with van der Waals surface area (Å²) in [6.07, 6.45) is 0.665. The van der Waals surface area contributed by atoms with Gasteiger partial charge in [0.15, 0.2) is 5.96 Å². The Morgan fingerprint density at radius 1 is 1.33 bits per heavy atom. The van der Waals surface area contributed by atoms with Gasteiger partial charge in [0.2, 0.25) is 0 Å². The van der Waals surface area contributed by atoms with E-state index >= 15 is 0 Å². The van der Waals surface area contributed by atoms with Crippen LogP contribution < -0.4 is 16.6 Å². The molecule has 0 atom stereocenters. The van der Waals surface area contributed by atoms with Crippen molar-refractivity contribution in [1.82, 2.24) is 10.9 Å². The Morgan fingerprint density at radius 2 is 1.93 bits per heavy atom. The molecule has 0 saturated carbocycles. The quantitative estimate of drug-likeness (QED) is 0.282. The first kappa shape index (κ1) is 12.1. The topological polar surface area (TPSA) is 73.9 Å². The third-order valence-electron chi connectivity index (χ3n) is 1.78. The maximum atomic E-state index is 6.91. The van der Waals surface area contributed by atoms with Gasteiger partial charge in [0, 0.05) is 16.6 Å². The van der Waals surface area contributed by atoms with Gasteiger partial charge in [-0.3, -0.25) is 10.8 Å². The molecule has 1 aromatic rings. The van der Waals surface area contributed by atoms with Crippen LogP contribution >= 0.6 is 23.2 Å². The van der Waals surface area contributed by atoms with E-state index < -0.39 is 0 Å². The average Bonchev–Trinajstić information content (AvgIpc) is 2.15. The molecule has 0 amide bonds. The maximum absolute atomic E-state index is 6.91. The van der Waals surface area contributed by atoms with Gasteiger partial charge in [0.25, 0.3) is 0 Å². The van der Waals surface area contributed by atoms with Crippen LogP contribution in [0.1, 0.15) is 5.56 Å². The number of rotatable bonds is 4.